The van der Waals surface area contributed by atoms with Crippen LogP contribution in [0.4, 0.5) is 0 Å². The molecule has 0 radical (unpaired) electrons. The van der Waals surface area contributed by atoms with E-state index in [9.17, 15) is 0 Å². The zero-order valence-electron chi connectivity index (χ0n) is 13.5. The molecular formula is C18H17ClN4OS. The van der Waals surface area contributed by atoms with E-state index in [1.165, 1.54) is 12.8 Å². The molecule has 2 heterocycles. The average molecular weight is 373 g/mol. The highest BCUT2D eigenvalue weighted by Gasteiger charge is 2.30. The van der Waals surface area contributed by atoms with Crippen LogP contribution in [0.1, 0.15) is 18.9 Å². The predicted molar refractivity (Wildman–Crippen MR) is 99.2 cm³/mol. The Morgan fingerprint density at radius 2 is 1.92 bits per heavy atom. The minimum absolute atomic E-state index is 0.505. The molecule has 0 bridgehead atoms. The monoisotopic (exact) mass is 372 g/mol. The van der Waals surface area contributed by atoms with Crippen LogP contribution in [0.3, 0.4) is 0 Å². The Labute approximate surface area is 155 Å². The molecule has 3 aromatic rings. The minimum Gasteiger partial charge on any atom is -0.491 e. The van der Waals surface area contributed by atoms with Gasteiger partial charge in [0.1, 0.15) is 5.75 Å². The summed E-state index contributed by atoms with van der Waals surface area (Å²) in [5.41, 5.74) is 1.05. The lowest BCUT2D eigenvalue weighted by atomic mass is 10.2. The fraction of sp³-hybridized carbons (Fsp3) is 0.278. The van der Waals surface area contributed by atoms with E-state index in [0.29, 0.717) is 23.4 Å². The van der Waals surface area contributed by atoms with Crippen molar-refractivity contribution in [1.29, 1.82) is 0 Å². The SMILES string of the molecule is Clc1ccccc1OCCSc1nnc(-c2ccncc2)n1C1CC1. The summed E-state index contributed by atoms with van der Waals surface area (Å²) in [5, 5.41) is 10.4. The first-order valence-corrected chi connectivity index (χ1v) is 9.55. The third kappa shape index (κ3) is 3.80. The number of benzene rings is 1. The number of thioether (sulfide) groups is 1. The summed E-state index contributed by atoms with van der Waals surface area (Å²) in [5.74, 6) is 2.41. The van der Waals surface area contributed by atoms with Crippen molar-refractivity contribution in [3.05, 3.63) is 53.8 Å². The zero-order chi connectivity index (χ0) is 17.1. The zero-order valence-corrected chi connectivity index (χ0v) is 15.1. The normalized spacial score (nSPS) is 13.8. The van der Waals surface area contributed by atoms with Crippen molar-refractivity contribution in [2.24, 2.45) is 0 Å². The topological polar surface area (TPSA) is 52.8 Å². The van der Waals surface area contributed by atoms with E-state index >= 15 is 0 Å². The van der Waals surface area contributed by atoms with E-state index in [1.54, 1.807) is 24.2 Å². The Morgan fingerprint density at radius 3 is 2.68 bits per heavy atom. The second-order valence-corrected chi connectivity index (χ2v) is 7.24. The van der Waals surface area contributed by atoms with Gasteiger partial charge in [-0.25, -0.2) is 0 Å². The maximum Gasteiger partial charge on any atom is 0.191 e. The number of nitrogens with zero attached hydrogens (tertiary/aromatic N) is 4. The van der Waals surface area contributed by atoms with Gasteiger partial charge in [0.15, 0.2) is 11.0 Å². The van der Waals surface area contributed by atoms with Crippen molar-refractivity contribution >= 4 is 23.4 Å². The first-order valence-electron chi connectivity index (χ1n) is 8.18. The van der Waals surface area contributed by atoms with E-state index in [2.05, 4.69) is 19.7 Å². The number of ether oxygens (including phenoxy) is 1. The summed E-state index contributed by atoms with van der Waals surface area (Å²) in [6.07, 6.45) is 5.93. The van der Waals surface area contributed by atoms with Gasteiger partial charge in [0.25, 0.3) is 0 Å². The molecule has 1 fully saturated rings. The molecule has 1 aliphatic rings. The number of halogens is 1. The van der Waals surface area contributed by atoms with Gasteiger partial charge in [-0.1, -0.05) is 35.5 Å². The molecule has 0 N–H and O–H groups in total. The molecule has 0 spiro atoms. The maximum atomic E-state index is 6.10. The van der Waals surface area contributed by atoms with E-state index in [-0.39, 0.29) is 0 Å². The van der Waals surface area contributed by atoms with Crippen LogP contribution in [0.25, 0.3) is 11.4 Å². The summed E-state index contributed by atoms with van der Waals surface area (Å²) >= 11 is 7.76. The molecule has 0 aliphatic heterocycles. The Morgan fingerprint density at radius 1 is 1.12 bits per heavy atom. The first-order chi connectivity index (χ1) is 12.3. The lowest BCUT2D eigenvalue weighted by Gasteiger charge is -2.10. The standard InChI is InChI=1S/C18H17ClN4OS/c19-15-3-1-2-4-16(15)24-11-12-25-18-22-21-17(23(18)14-5-6-14)13-7-9-20-10-8-13/h1-4,7-10,14H,5-6,11-12H2. The molecule has 0 unspecified atom stereocenters. The van der Waals surface area contributed by atoms with Crippen molar-refractivity contribution in [1.82, 2.24) is 19.7 Å². The fourth-order valence-electron chi connectivity index (χ4n) is 2.58. The molecule has 0 atom stereocenters. The van der Waals surface area contributed by atoms with Crippen molar-refractivity contribution in [3.8, 4) is 17.1 Å². The van der Waals surface area contributed by atoms with Crippen molar-refractivity contribution in [2.75, 3.05) is 12.4 Å². The Hall–Kier alpha value is -2.05. The summed E-state index contributed by atoms with van der Waals surface area (Å²) in [7, 11) is 0. The maximum absolute atomic E-state index is 6.10. The summed E-state index contributed by atoms with van der Waals surface area (Å²) in [4.78, 5) is 4.07. The highest BCUT2D eigenvalue weighted by Crippen LogP contribution is 2.40. The van der Waals surface area contributed by atoms with Crippen molar-refractivity contribution < 1.29 is 4.74 Å². The lowest BCUT2D eigenvalue weighted by Crippen LogP contribution is -2.04. The van der Waals surface area contributed by atoms with Crippen LogP contribution in [0.15, 0.2) is 53.9 Å². The van der Waals surface area contributed by atoms with Gasteiger partial charge in [-0.2, -0.15) is 0 Å². The number of rotatable bonds is 7. The van der Waals surface area contributed by atoms with Gasteiger partial charge in [0, 0.05) is 29.8 Å². The van der Waals surface area contributed by atoms with Crippen LogP contribution >= 0.6 is 23.4 Å². The molecule has 4 rings (SSSR count). The molecule has 1 aromatic carbocycles. The Bertz CT molecular complexity index is 851. The molecule has 0 amide bonds. The third-order valence-corrected chi connectivity index (χ3v) is 5.14. The van der Waals surface area contributed by atoms with Gasteiger partial charge < -0.3 is 4.74 Å². The number of hydrogen-bond donors (Lipinski definition) is 0. The van der Waals surface area contributed by atoms with Gasteiger partial charge in [-0.15, -0.1) is 10.2 Å². The largest absolute Gasteiger partial charge is 0.491 e. The average Bonchev–Trinajstić information content (AvgIpc) is 3.40. The molecule has 1 saturated carbocycles. The molecule has 0 saturated heterocycles. The van der Waals surface area contributed by atoms with E-state index in [1.807, 2.05) is 36.4 Å². The highest BCUT2D eigenvalue weighted by molar-refractivity contribution is 7.99. The van der Waals surface area contributed by atoms with Gasteiger partial charge in [0.2, 0.25) is 0 Å². The van der Waals surface area contributed by atoms with E-state index in [0.717, 1.165) is 22.3 Å². The van der Waals surface area contributed by atoms with Crippen molar-refractivity contribution in [3.63, 3.8) is 0 Å². The third-order valence-electron chi connectivity index (χ3n) is 3.92. The second kappa shape index (κ2) is 7.45. The number of para-hydroxylation sites is 1. The van der Waals surface area contributed by atoms with Crippen LogP contribution in [0.5, 0.6) is 5.75 Å². The van der Waals surface area contributed by atoms with Gasteiger partial charge >= 0.3 is 0 Å². The smallest absolute Gasteiger partial charge is 0.191 e. The van der Waals surface area contributed by atoms with Crippen LogP contribution < -0.4 is 4.74 Å². The molecule has 5 nitrogen and oxygen atoms in total. The number of pyridine rings is 1. The number of hydrogen-bond acceptors (Lipinski definition) is 5. The van der Waals surface area contributed by atoms with Crippen LogP contribution in [-0.4, -0.2) is 32.1 Å². The molecule has 1 aliphatic carbocycles. The van der Waals surface area contributed by atoms with E-state index in [4.69, 9.17) is 16.3 Å². The minimum atomic E-state index is 0.505. The summed E-state index contributed by atoms with van der Waals surface area (Å²) in [6, 6.07) is 12.0. The molecule has 128 valence electrons. The van der Waals surface area contributed by atoms with Gasteiger partial charge in [-0.05, 0) is 37.1 Å². The predicted octanol–water partition coefficient (Wildman–Crippen LogP) is 4.50. The van der Waals surface area contributed by atoms with Crippen molar-refractivity contribution in [2.45, 2.75) is 24.0 Å². The highest BCUT2D eigenvalue weighted by atomic mass is 35.5. The van der Waals surface area contributed by atoms with E-state index < -0.39 is 0 Å². The van der Waals surface area contributed by atoms with Gasteiger partial charge in [0.05, 0.1) is 11.6 Å². The van der Waals surface area contributed by atoms with Crippen LogP contribution in [0, 0.1) is 0 Å². The van der Waals surface area contributed by atoms with Crippen LogP contribution in [-0.2, 0) is 0 Å². The Balaban J connectivity index is 1.43. The quantitative estimate of drug-likeness (QED) is 0.451. The number of aromatic nitrogens is 4. The van der Waals surface area contributed by atoms with Gasteiger partial charge in [-0.3, -0.25) is 9.55 Å². The molecule has 25 heavy (non-hydrogen) atoms. The first kappa shape index (κ1) is 16.4. The second-order valence-electron chi connectivity index (χ2n) is 5.77. The summed E-state index contributed by atoms with van der Waals surface area (Å²) in [6.45, 7) is 0.566. The lowest BCUT2D eigenvalue weighted by molar-refractivity contribution is 0.344. The molecular weight excluding hydrogens is 356 g/mol. The summed E-state index contributed by atoms with van der Waals surface area (Å²) < 4.78 is 7.99. The van der Waals surface area contributed by atoms with Crippen LogP contribution in [0.2, 0.25) is 5.02 Å². The molecule has 2 aromatic heterocycles. The molecule has 7 heteroatoms. The Kier molecular flexibility index (Phi) is 4.90. The fourth-order valence-corrected chi connectivity index (χ4v) is 3.59.